The van der Waals surface area contributed by atoms with Crippen LogP contribution in [0, 0.1) is 17.8 Å². The van der Waals surface area contributed by atoms with Crippen molar-refractivity contribution in [3.63, 3.8) is 0 Å². The van der Waals surface area contributed by atoms with E-state index in [1.807, 2.05) is 37.4 Å². The Bertz CT molecular complexity index is 473. The molecule has 3 nitrogen and oxygen atoms in total. The van der Waals surface area contributed by atoms with E-state index in [0.29, 0.717) is 18.4 Å². The fourth-order valence-corrected chi connectivity index (χ4v) is 4.11. The molecule has 20 heavy (non-hydrogen) atoms. The van der Waals surface area contributed by atoms with Crippen molar-refractivity contribution in [3.05, 3.63) is 35.9 Å². The molecule has 0 radical (unpaired) electrons. The highest BCUT2D eigenvalue weighted by molar-refractivity contribution is 5.81. The second-order valence-corrected chi connectivity index (χ2v) is 6.54. The molecule has 2 saturated carbocycles. The van der Waals surface area contributed by atoms with Crippen molar-refractivity contribution in [2.24, 2.45) is 23.5 Å². The molecule has 0 heterocycles. The molecule has 1 aromatic rings. The van der Waals surface area contributed by atoms with Crippen molar-refractivity contribution < 1.29 is 4.79 Å². The largest absolute Gasteiger partial charge is 0.340 e. The van der Waals surface area contributed by atoms with E-state index in [9.17, 15) is 4.79 Å². The average Bonchev–Trinajstić information content (AvgIpc) is 3.09. The van der Waals surface area contributed by atoms with Crippen molar-refractivity contribution in [1.29, 1.82) is 0 Å². The van der Waals surface area contributed by atoms with Gasteiger partial charge in [0, 0.05) is 13.6 Å². The number of benzene rings is 1. The second kappa shape index (κ2) is 5.57. The average molecular weight is 272 g/mol. The summed E-state index contributed by atoms with van der Waals surface area (Å²) in [7, 11) is 1.86. The number of hydrogen-bond acceptors (Lipinski definition) is 2. The molecule has 1 amide bonds. The van der Waals surface area contributed by atoms with E-state index in [0.717, 1.165) is 17.9 Å². The predicted molar refractivity (Wildman–Crippen MR) is 79.8 cm³/mol. The summed E-state index contributed by atoms with van der Waals surface area (Å²) in [6.07, 6.45) is 5.09. The first-order valence-electron chi connectivity index (χ1n) is 7.69. The molecule has 108 valence electrons. The van der Waals surface area contributed by atoms with Gasteiger partial charge >= 0.3 is 0 Å². The molecule has 0 aromatic heterocycles. The van der Waals surface area contributed by atoms with Gasteiger partial charge in [0.1, 0.15) is 0 Å². The van der Waals surface area contributed by atoms with Crippen LogP contribution in [0.1, 0.15) is 31.2 Å². The van der Waals surface area contributed by atoms with Crippen LogP contribution in [0.15, 0.2) is 30.3 Å². The van der Waals surface area contributed by atoms with Crippen LogP contribution in [0.5, 0.6) is 0 Å². The normalized spacial score (nSPS) is 29.4. The van der Waals surface area contributed by atoms with E-state index < -0.39 is 0 Å². The molecular weight excluding hydrogens is 248 g/mol. The van der Waals surface area contributed by atoms with Crippen molar-refractivity contribution in [3.8, 4) is 0 Å². The number of hydrogen-bond donors (Lipinski definition) is 1. The van der Waals surface area contributed by atoms with Gasteiger partial charge in [-0.15, -0.1) is 0 Å². The lowest BCUT2D eigenvalue weighted by Gasteiger charge is -2.30. The van der Waals surface area contributed by atoms with Gasteiger partial charge in [0.25, 0.3) is 0 Å². The molecule has 0 saturated heterocycles. The first-order valence-corrected chi connectivity index (χ1v) is 7.69. The number of amides is 1. The quantitative estimate of drug-likeness (QED) is 0.915. The minimum atomic E-state index is -0.306. The third kappa shape index (κ3) is 2.59. The van der Waals surface area contributed by atoms with E-state index >= 15 is 0 Å². The summed E-state index contributed by atoms with van der Waals surface area (Å²) in [5, 5.41) is 0. The van der Waals surface area contributed by atoms with E-state index in [1.54, 1.807) is 4.90 Å². The lowest BCUT2D eigenvalue weighted by molar-refractivity contribution is -0.133. The molecular formula is C17H24N2O. The summed E-state index contributed by atoms with van der Waals surface area (Å²) in [4.78, 5) is 14.3. The van der Waals surface area contributed by atoms with Crippen LogP contribution in [0.3, 0.4) is 0 Å². The summed E-state index contributed by atoms with van der Waals surface area (Å²) in [5.41, 5.74) is 7.43. The van der Waals surface area contributed by atoms with Gasteiger partial charge in [-0.25, -0.2) is 0 Å². The fraction of sp³-hybridized carbons (Fsp3) is 0.588. The van der Waals surface area contributed by atoms with Crippen molar-refractivity contribution >= 4 is 5.91 Å². The first kappa shape index (κ1) is 13.6. The maximum absolute atomic E-state index is 12.5. The monoisotopic (exact) mass is 272 g/mol. The van der Waals surface area contributed by atoms with Gasteiger partial charge in [0.05, 0.1) is 6.04 Å². The zero-order chi connectivity index (χ0) is 14.1. The number of nitrogens with zero attached hydrogens (tertiary/aromatic N) is 1. The molecule has 2 bridgehead atoms. The van der Waals surface area contributed by atoms with E-state index in [1.165, 1.54) is 19.3 Å². The third-order valence-corrected chi connectivity index (χ3v) is 5.18. The number of nitrogens with two attached hydrogens (primary N) is 1. The standard InChI is InChI=1S/C17H24N2O/c1-19(11-12-5-3-2-4-6-12)17(20)16(18)15-10-13-7-8-14(15)9-13/h2-6,13-16H,7-11,18H2,1H3. The lowest BCUT2D eigenvalue weighted by Crippen LogP contribution is -2.47. The van der Waals surface area contributed by atoms with Gasteiger partial charge in [0.15, 0.2) is 0 Å². The molecule has 0 spiro atoms. The Balaban J connectivity index is 1.60. The number of rotatable bonds is 4. The van der Waals surface area contributed by atoms with Crippen LogP contribution < -0.4 is 5.73 Å². The van der Waals surface area contributed by atoms with Crippen molar-refractivity contribution in [1.82, 2.24) is 4.90 Å². The summed E-state index contributed by atoms with van der Waals surface area (Å²) >= 11 is 0. The highest BCUT2D eigenvalue weighted by Gasteiger charge is 2.44. The molecule has 2 N–H and O–H groups in total. The minimum absolute atomic E-state index is 0.103. The number of fused-ring (bicyclic) bond motifs is 2. The van der Waals surface area contributed by atoms with Gasteiger partial charge in [0.2, 0.25) is 5.91 Å². The lowest BCUT2D eigenvalue weighted by atomic mass is 9.83. The summed E-state index contributed by atoms with van der Waals surface area (Å²) in [6, 6.07) is 9.79. The van der Waals surface area contributed by atoms with Crippen LogP contribution in [0.25, 0.3) is 0 Å². The van der Waals surface area contributed by atoms with E-state index in [2.05, 4.69) is 0 Å². The second-order valence-electron chi connectivity index (χ2n) is 6.54. The first-order chi connectivity index (χ1) is 9.65. The van der Waals surface area contributed by atoms with E-state index in [-0.39, 0.29) is 11.9 Å². The van der Waals surface area contributed by atoms with Gasteiger partial charge in [-0.1, -0.05) is 36.8 Å². The van der Waals surface area contributed by atoms with Crippen LogP contribution in [0.2, 0.25) is 0 Å². The molecule has 4 atom stereocenters. The highest BCUT2D eigenvalue weighted by Crippen LogP contribution is 2.49. The Morgan fingerprint density at radius 1 is 1.30 bits per heavy atom. The predicted octanol–water partition coefficient (Wildman–Crippen LogP) is 2.41. The Labute approximate surface area is 121 Å². The number of likely N-dealkylation sites (N-methyl/N-ethyl adjacent to an activating group) is 1. The smallest absolute Gasteiger partial charge is 0.239 e. The molecule has 2 aliphatic rings. The maximum atomic E-state index is 12.5. The Kier molecular flexibility index (Phi) is 3.79. The SMILES string of the molecule is CN(Cc1ccccc1)C(=O)C(N)C1CC2CCC1C2. The molecule has 4 unspecified atom stereocenters. The van der Waals surface area contributed by atoms with Gasteiger partial charge in [-0.3, -0.25) is 4.79 Å². The zero-order valence-corrected chi connectivity index (χ0v) is 12.2. The third-order valence-electron chi connectivity index (χ3n) is 5.18. The Morgan fingerprint density at radius 3 is 2.65 bits per heavy atom. The summed E-state index contributed by atoms with van der Waals surface area (Å²) in [5.74, 6) is 2.05. The number of carbonyl (C=O) groups excluding carboxylic acids is 1. The molecule has 3 heteroatoms. The Morgan fingerprint density at radius 2 is 2.05 bits per heavy atom. The molecule has 2 aliphatic carbocycles. The van der Waals surface area contributed by atoms with Gasteiger partial charge < -0.3 is 10.6 Å². The summed E-state index contributed by atoms with van der Waals surface area (Å²) in [6.45, 7) is 0.647. The summed E-state index contributed by atoms with van der Waals surface area (Å²) < 4.78 is 0. The van der Waals surface area contributed by atoms with Crippen LogP contribution in [-0.4, -0.2) is 23.9 Å². The fourth-order valence-electron chi connectivity index (χ4n) is 4.11. The maximum Gasteiger partial charge on any atom is 0.239 e. The van der Waals surface area contributed by atoms with Crippen LogP contribution in [-0.2, 0) is 11.3 Å². The van der Waals surface area contributed by atoms with Crippen LogP contribution >= 0.6 is 0 Å². The van der Waals surface area contributed by atoms with Gasteiger partial charge in [-0.05, 0) is 42.6 Å². The molecule has 0 aliphatic heterocycles. The topological polar surface area (TPSA) is 46.3 Å². The highest BCUT2D eigenvalue weighted by atomic mass is 16.2. The molecule has 3 rings (SSSR count). The van der Waals surface area contributed by atoms with Crippen molar-refractivity contribution in [2.75, 3.05) is 7.05 Å². The van der Waals surface area contributed by atoms with Crippen molar-refractivity contribution in [2.45, 2.75) is 38.3 Å². The Hall–Kier alpha value is -1.35. The molecule has 2 fully saturated rings. The minimum Gasteiger partial charge on any atom is -0.340 e. The molecule has 1 aromatic carbocycles. The number of carbonyl (C=O) groups is 1. The van der Waals surface area contributed by atoms with Gasteiger partial charge in [-0.2, -0.15) is 0 Å². The van der Waals surface area contributed by atoms with Crippen LogP contribution in [0.4, 0.5) is 0 Å². The van der Waals surface area contributed by atoms with E-state index in [4.69, 9.17) is 5.73 Å². The zero-order valence-electron chi connectivity index (χ0n) is 12.2.